The third-order valence-corrected chi connectivity index (χ3v) is 3.86. The van der Waals surface area contributed by atoms with Crippen LogP contribution in [-0.2, 0) is 11.2 Å². The van der Waals surface area contributed by atoms with Gasteiger partial charge in [-0.2, -0.15) is 0 Å². The second-order valence-corrected chi connectivity index (χ2v) is 5.71. The minimum atomic E-state index is -0.529. The predicted octanol–water partition coefficient (Wildman–Crippen LogP) is 3.74. The molecule has 0 aliphatic rings. The van der Waals surface area contributed by atoms with E-state index < -0.39 is 6.10 Å². The summed E-state index contributed by atoms with van der Waals surface area (Å²) in [4.78, 5) is 12.2. The lowest BCUT2D eigenvalue weighted by Gasteiger charge is -2.17. The minimum absolute atomic E-state index is 0.127. The molecule has 25 heavy (non-hydrogen) atoms. The average Bonchev–Trinajstić information content (AvgIpc) is 2.65. The van der Waals surface area contributed by atoms with Crippen molar-refractivity contribution in [2.75, 3.05) is 13.7 Å². The number of carbonyl (C=O) groups excluding carboxylic acids is 1. The number of ether oxygens (including phenoxy) is 2. The van der Waals surface area contributed by atoms with Crippen molar-refractivity contribution in [3.05, 3.63) is 59.9 Å². The summed E-state index contributed by atoms with van der Waals surface area (Å²) in [6.45, 7) is 2.46. The van der Waals surface area contributed by atoms with E-state index >= 15 is 0 Å². The lowest BCUT2D eigenvalue weighted by Crippen LogP contribution is -2.38. The van der Waals surface area contributed by atoms with Crippen LogP contribution in [0.2, 0.25) is 0 Å². The number of aryl methyl sites for hydroxylation is 1. The third kappa shape index (κ3) is 6.10. The lowest BCUT2D eigenvalue weighted by atomic mass is 10.1. The summed E-state index contributed by atoms with van der Waals surface area (Å²) in [5.41, 5.74) is 1.05. The normalized spacial score (nSPS) is 11.6. The van der Waals surface area contributed by atoms with Crippen LogP contribution in [-0.4, -0.2) is 25.7 Å². The predicted molar refractivity (Wildman–Crippen MR) is 95.4 cm³/mol. The molecule has 0 aliphatic heterocycles. The van der Waals surface area contributed by atoms with Gasteiger partial charge in [-0.25, -0.2) is 4.39 Å². The molecule has 1 atom stereocenters. The number of methoxy groups -OCH3 is 1. The van der Waals surface area contributed by atoms with Gasteiger partial charge >= 0.3 is 0 Å². The van der Waals surface area contributed by atoms with E-state index in [9.17, 15) is 9.18 Å². The summed E-state index contributed by atoms with van der Waals surface area (Å²) >= 11 is 0. The van der Waals surface area contributed by atoms with Crippen molar-refractivity contribution < 1.29 is 18.7 Å². The van der Waals surface area contributed by atoms with Crippen LogP contribution >= 0.6 is 0 Å². The highest BCUT2D eigenvalue weighted by molar-refractivity contribution is 5.81. The molecule has 0 aromatic heterocycles. The van der Waals surface area contributed by atoms with E-state index in [2.05, 4.69) is 5.32 Å². The molecule has 0 unspecified atom stereocenters. The zero-order chi connectivity index (χ0) is 18.1. The number of benzene rings is 2. The number of nitrogens with one attached hydrogen (secondary N) is 1. The maximum absolute atomic E-state index is 12.9. The summed E-state index contributed by atoms with van der Waals surface area (Å²) in [7, 11) is 1.60. The molecule has 2 aromatic carbocycles. The summed E-state index contributed by atoms with van der Waals surface area (Å²) < 4.78 is 23.7. The Morgan fingerprint density at radius 3 is 2.32 bits per heavy atom. The van der Waals surface area contributed by atoms with Crippen LogP contribution in [0, 0.1) is 5.82 Å². The molecular weight excluding hydrogens is 321 g/mol. The van der Waals surface area contributed by atoms with Gasteiger partial charge in [0, 0.05) is 6.54 Å². The fourth-order valence-electron chi connectivity index (χ4n) is 2.41. The molecule has 0 saturated carbocycles. The Morgan fingerprint density at radius 1 is 1.08 bits per heavy atom. The second-order valence-electron chi connectivity index (χ2n) is 5.71. The van der Waals surface area contributed by atoms with Crippen LogP contribution in [0.5, 0.6) is 11.5 Å². The Morgan fingerprint density at radius 2 is 1.72 bits per heavy atom. The summed E-state index contributed by atoms with van der Waals surface area (Å²) in [6, 6.07) is 13.6. The van der Waals surface area contributed by atoms with Gasteiger partial charge in [0.2, 0.25) is 0 Å². The molecular formula is C20H24FNO3. The van der Waals surface area contributed by atoms with E-state index in [-0.39, 0.29) is 11.7 Å². The fourth-order valence-corrected chi connectivity index (χ4v) is 2.41. The summed E-state index contributed by atoms with van der Waals surface area (Å²) in [5, 5.41) is 2.90. The largest absolute Gasteiger partial charge is 0.497 e. The Bertz CT molecular complexity index is 656. The molecule has 1 amide bonds. The summed E-state index contributed by atoms with van der Waals surface area (Å²) in [5.74, 6) is 1.01. The monoisotopic (exact) mass is 345 g/mol. The van der Waals surface area contributed by atoms with Gasteiger partial charge in [-0.15, -0.1) is 0 Å². The fraction of sp³-hybridized carbons (Fsp3) is 0.350. The Kier molecular flexibility index (Phi) is 7.26. The van der Waals surface area contributed by atoms with Crippen LogP contribution in [0.15, 0.2) is 48.5 Å². The molecule has 0 fully saturated rings. The minimum Gasteiger partial charge on any atom is -0.497 e. The van der Waals surface area contributed by atoms with Gasteiger partial charge in [-0.1, -0.05) is 19.1 Å². The van der Waals surface area contributed by atoms with Crippen LogP contribution in [0.25, 0.3) is 0 Å². The van der Waals surface area contributed by atoms with E-state index in [0.29, 0.717) is 18.7 Å². The third-order valence-electron chi connectivity index (χ3n) is 3.86. The first-order valence-electron chi connectivity index (χ1n) is 8.45. The van der Waals surface area contributed by atoms with Crippen molar-refractivity contribution in [2.45, 2.75) is 32.3 Å². The molecule has 0 radical (unpaired) electrons. The van der Waals surface area contributed by atoms with Crippen molar-refractivity contribution in [2.24, 2.45) is 0 Å². The van der Waals surface area contributed by atoms with Gasteiger partial charge in [-0.3, -0.25) is 4.79 Å². The van der Waals surface area contributed by atoms with Crippen LogP contribution in [0.3, 0.4) is 0 Å². The molecule has 134 valence electrons. The number of hydrogen-bond acceptors (Lipinski definition) is 3. The van der Waals surface area contributed by atoms with Crippen LogP contribution < -0.4 is 14.8 Å². The molecule has 4 nitrogen and oxygen atoms in total. The summed E-state index contributed by atoms with van der Waals surface area (Å²) in [6.07, 6.45) is 1.63. The first kappa shape index (κ1) is 18.8. The number of halogens is 1. The Hall–Kier alpha value is -2.56. The van der Waals surface area contributed by atoms with E-state index in [1.165, 1.54) is 12.1 Å². The van der Waals surface area contributed by atoms with E-state index in [1.54, 1.807) is 43.5 Å². The van der Waals surface area contributed by atoms with Crippen molar-refractivity contribution >= 4 is 5.91 Å². The zero-order valence-electron chi connectivity index (χ0n) is 14.6. The number of amides is 1. The van der Waals surface area contributed by atoms with E-state index in [1.807, 2.05) is 6.92 Å². The molecule has 0 bridgehead atoms. The molecule has 0 spiro atoms. The SMILES string of the molecule is CC[C@H](Oc1ccc(OC)cc1)C(=O)NCCCc1ccc(F)cc1. The zero-order valence-corrected chi connectivity index (χ0v) is 14.6. The highest BCUT2D eigenvalue weighted by Gasteiger charge is 2.17. The number of hydrogen-bond donors (Lipinski definition) is 1. The molecule has 0 heterocycles. The molecule has 5 heteroatoms. The average molecular weight is 345 g/mol. The van der Waals surface area contributed by atoms with Gasteiger partial charge in [0.25, 0.3) is 5.91 Å². The van der Waals surface area contributed by atoms with Crippen molar-refractivity contribution in [3.8, 4) is 11.5 Å². The molecule has 2 aromatic rings. The molecule has 1 N–H and O–H groups in total. The lowest BCUT2D eigenvalue weighted by molar-refractivity contribution is -0.128. The maximum atomic E-state index is 12.9. The van der Waals surface area contributed by atoms with E-state index in [0.717, 1.165) is 24.2 Å². The number of carbonyl (C=O) groups is 1. The Labute approximate surface area is 148 Å². The van der Waals surface area contributed by atoms with Gasteiger partial charge in [0.15, 0.2) is 6.10 Å². The number of rotatable bonds is 9. The molecule has 2 rings (SSSR count). The van der Waals surface area contributed by atoms with Gasteiger partial charge in [0.05, 0.1) is 7.11 Å². The van der Waals surface area contributed by atoms with Crippen LogP contribution in [0.4, 0.5) is 4.39 Å². The Balaban J connectivity index is 1.75. The quantitative estimate of drug-likeness (QED) is 0.704. The topological polar surface area (TPSA) is 47.6 Å². The first-order chi connectivity index (χ1) is 12.1. The standard InChI is InChI=1S/C20H24FNO3/c1-3-19(25-18-12-10-17(24-2)11-13-18)20(23)22-14-4-5-15-6-8-16(21)9-7-15/h6-13,19H,3-5,14H2,1-2H3,(H,22,23)/t19-/m0/s1. The highest BCUT2D eigenvalue weighted by Crippen LogP contribution is 2.19. The van der Waals surface area contributed by atoms with Gasteiger partial charge in [0.1, 0.15) is 17.3 Å². The van der Waals surface area contributed by atoms with Crippen molar-refractivity contribution in [1.82, 2.24) is 5.32 Å². The molecule has 0 aliphatic carbocycles. The highest BCUT2D eigenvalue weighted by atomic mass is 19.1. The van der Waals surface area contributed by atoms with Crippen molar-refractivity contribution in [1.29, 1.82) is 0 Å². The van der Waals surface area contributed by atoms with Crippen molar-refractivity contribution in [3.63, 3.8) is 0 Å². The van der Waals surface area contributed by atoms with E-state index in [4.69, 9.17) is 9.47 Å². The van der Waals surface area contributed by atoms with Gasteiger partial charge < -0.3 is 14.8 Å². The molecule has 0 saturated heterocycles. The first-order valence-corrected chi connectivity index (χ1v) is 8.45. The second kappa shape index (κ2) is 9.67. The van der Waals surface area contributed by atoms with Gasteiger partial charge in [-0.05, 0) is 61.2 Å². The maximum Gasteiger partial charge on any atom is 0.261 e. The van der Waals surface area contributed by atoms with Crippen LogP contribution in [0.1, 0.15) is 25.3 Å². The smallest absolute Gasteiger partial charge is 0.261 e.